The molecule has 1 rings (SSSR count). The first-order chi connectivity index (χ1) is 11.1. The molecule has 7 heteroatoms. The Kier molecular flexibility index (Phi) is 8.09. The minimum atomic E-state index is -0.589. The Morgan fingerprint density at radius 2 is 2.00 bits per heavy atom. The highest BCUT2D eigenvalue weighted by atomic mass is 16.5. The van der Waals surface area contributed by atoms with Gasteiger partial charge >= 0.3 is 5.97 Å². The summed E-state index contributed by atoms with van der Waals surface area (Å²) in [7, 11) is 1.55. The minimum Gasteiger partial charge on any atom is -0.463 e. The van der Waals surface area contributed by atoms with E-state index in [1.807, 2.05) is 0 Å². The number of carbonyl (C=O) groups is 3. The molecule has 2 amide bonds. The van der Waals surface area contributed by atoms with Crippen molar-refractivity contribution >= 4 is 23.5 Å². The van der Waals surface area contributed by atoms with Crippen LogP contribution in [-0.2, 0) is 19.1 Å². The van der Waals surface area contributed by atoms with Crippen LogP contribution >= 0.6 is 0 Å². The van der Waals surface area contributed by atoms with Gasteiger partial charge in [0, 0.05) is 37.1 Å². The number of methoxy groups -OCH3 is 1. The second-order valence-electron chi connectivity index (χ2n) is 4.40. The van der Waals surface area contributed by atoms with Crippen molar-refractivity contribution in [2.75, 3.05) is 32.2 Å². The number of anilines is 1. The summed E-state index contributed by atoms with van der Waals surface area (Å²) in [5.41, 5.74) is 0.858. The highest BCUT2D eigenvalue weighted by molar-refractivity contribution is 6.03. The lowest BCUT2D eigenvalue weighted by Gasteiger charge is -2.07. The van der Waals surface area contributed by atoms with Crippen molar-refractivity contribution in [1.82, 2.24) is 5.32 Å². The molecule has 23 heavy (non-hydrogen) atoms. The minimum absolute atomic E-state index is 0.241. The molecule has 0 aliphatic carbocycles. The molecule has 1 aromatic rings. The van der Waals surface area contributed by atoms with Crippen molar-refractivity contribution in [2.24, 2.45) is 0 Å². The van der Waals surface area contributed by atoms with Crippen LogP contribution in [0.4, 0.5) is 5.69 Å². The van der Waals surface area contributed by atoms with Crippen LogP contribution in [-0.4, -0.2) is 44.7 Å². The maximum atomic E-state index is 11.9. The first kappa shape index (κ1) is 18.4. The van der Waals surface area contributed by atoms with Gasteiger partial charge in [-0.25, -0.2) is 4.79 Å². The van der Waals surface area contributed by atoms with E-state index in [-0.39, 0.29) is 12.5 Å². The summed E-state index contributed by atoms with van der Waals surface area (Å²) in [5, 5.41) is 5.25. The van der Waals surface area contributed by atoms with Gasteiger partial charge in [0.25, 0.3) is 5.91 Å². The summed E-state index contributed by atoms with van der Waals surface area (Å²) in [6.45, 7) is 2.73. The van der Waals surface area contributed by atoms with Gasteiger partial charge < -0.3 is 20.1 Å². The molecule has 0 atom stereocenters. The molecule has 1 aromatic carbocycles. The molecular formula is C16H20N2O5. The SMILES string of the molecule is CCOC(=O)/C=C/C(=O)Nc1cccc(C(=O)NCCOC)c1. The second kappa shape index (κ2) is 10.1. The average Bonchev–Trinajstić information content (AvgIpc) is 2.53. The third-order valence-electron chi connectivity index (χ3n) is 2.64. The number of benzene rings is 1. The first-order valence-corrected chi connectivity index (χ1v) is 7.09. The van der Waals surface area contributed by atoms with Crippen molar-refractivity contribution in [1.29, 1.82) is 0 Å². The van der Waals surface area contributed by atoms with Gasteiger partial charge in [0.2, 0.25) is 5.91 Å². The number of hydrogen-bond donors (Lipinski definition) is 2. The Bertz CT molecular complexity index is 584. The lowest BCUT2D eigenvalue weighted by atomic mass is 10.2. The van der Waals surface area contributed by atoms with Crippen LogP contribution in [0, 0.1) is 0 Å². The number of esters is 1. The molecule has 0 aliphatic heterocycles. The van der Waals surface area contributed by atoms with E-state index in [0.29, 0.717) is 24.4 Å². The van der Waals surface area contributed by atoms with Crippen molar-refractivity contribution < 1.29 is 23.9 Å². The third-order valence-corrected chi connectivity index (χ3v) is 2.64. The van der Waals surface area contributed by atoms with E-state index in [4.69, 9.17) is 4.74 Å². The van der Waals surface area contributed by atoms with E-state index in [9.17, 15) is 14.4 Å². The van der Waals surface area contributed by atoms with Gasteiger partial charge in [-0.15, -0.1) is 0 Å². The van der Waals surface area contributed by atoms with Crippen LogP contribution in [0.1, 0.15) is 17.3 Å². The van der Waals surface area contributed by atoms with Crippen LogP contribution < -0.4 is 10.6 Å². The predicted octanol–water partition coefficient (Wildman–Crippen LogP) is 1.12. The standard InChI is InChI=1S/C16H20N2O5/c1-3-23-15(20)8-7-14(19)18-13-6-4-5-12(11-13)16(21)17-9-10-22-2/h4-8,11H,3,9-10H2,1-2H3,(H,17,21)(H,18,19)/b8-7+. The van der Waals surface area contributed by atoms with Gasteiger partial charge in [-0.05, 0) is 25.1 Å². The maximum absolute atomic E-state index is 11.9. The van der Waals surface area contributed by atoms with Crippen molar-refractivity contribution in [3.63, 3.8) is 0 Å². The third kappa shape index (κ3) is 7.23. The smallest absolute Gasteiger partial charge is 0.330 e. The summed E-state index contributed by atoms with van der Waals surface area (Å²) in [4.78, 5) is 34.7. The summed E-state index contributed by atoms with van der Waals surface area (Å²) in [6, 6.07) is 6.46. The van der Waals surface area contributed by atoms with E-state index in [2.05, 4.69) is 15.4 Å². The van der Waals surface area contributed by atoms with E-state index < -0.39 is 11.9 Å². The zero-order chi connectivity index (χ0) is 17.1. The Labute approximate surface area is 134 Å². The van der Waals surface area contributed by atoms with Gasteiger partial charge in [-0.3, -0.25) is 9.59 Å². The highest BCUT2D eigenvalue weighted by Gasteiger charge is 2.06. The van der Waals surface area contributed by atoms with Crippen LogP contribution in [0.3, 0.4) is 0 Å². The Morgan fingerprint density at radius 3 is 2.70 bits per heavy atom. The average molecular weight is 320 g/mol. The summed E-state index contributed by atoms with van der Waals surface area (Å²) in [5.74, 6) is -1.34. The van der Waals surface area contributed by atoms with Gasteiger partial charge in [-0.2, -0.15) is 0 Å². The van der Waals surface area contributed by atoms with Crippen molar-refractivity contribution in [2.45, 2.75) is 6.92 Å². The molecule has 0 unspecified atom stereocenters. The largest absolute Gasteiger partial charge is 0.463 e. The molecular weight excluding hydrogens is 300 g/mol. The molecule has 7 nitrogen and oxygen atoms in total. The Hall–Kier alpha value is -2.67. The predicted molar refractivity (Wildman–Crippen MR) is 85.1 cm³/mol. The molecule has 0 saturated heterocycles. The first-order valence-electron chi connectivity index (χ1n) is 7.09. The van der Waals surface area contributed by atoms with Gasteiger partial charge in [0.15, 0.2) is 0 Å². The van der Waals surface area contributed by atoms with Crippen LogP contribution in [0.5, 0.6) is 0 Å². The molecule has 0 heterocycles. The zero-order valence-corrected chi connectivity index (χ0v) is 13.1. The molecule has 0 saturated carbocycles. The molecule has 0 aliphatic rings. The number of amides is 2. The van der Waals surface area contributed by atoms with Crippen LogP contribution in [0.15, 0.2) is 36.4 Å². The molecule has 0 aromatic heterocycles. The summed E-state index contributed by atoms with van der Waals surface area (Å²) in [6.07, 6.45) is 2.11. The van der Waals surface area contributed by atoms with Gasteiger partial charge in [0.1, 0.15) is 0 Å². The normalized spacial score (nSPS) is 10.3. The monoisotopic (exact) mass is 320 g/mol. The zero-order valence-electron chi connectivity index (χ0n) is 13.1. The number of rotatable bonds is 8. The van der Waals surface area contributed by atoms with E-state index in [1.165, 1.54) is 6.07 Å². The van der Waals surface area contributed by atoms with E-state index in [0.717, 1.165) is 12.2 Å². The fourth-order valence-electron chi connectivity index (χ4n) is 1.62. The fraction of sp³-hybridized carbons (Fsp3) is 0.312. The molecule has 124 valence electrons. The quantitative estimate of drug-likeness (QED) is 0.425. The maximum Gasteiger partial charge on any atom is 0.330 e. The molecule has 0 bridgehead atoms. The van der Waals surface area contributed by atoms with Crippen molar-refractivity contribution in [3.8, 4) is 0 Å². The van der Waals surface area contributed by atoms with Crippen molar-refractivity contribution in [3.05, 3.63) is 42.0 Å². The van der Waals surface area contributed by atoms with Crippen LogP contribution in [0.25, 0.3) is 0 Å². The topological polar surface area (TPSA) is 93.7 Å². The van der Waals surface area contributed by atoms with Gasteiger partial charge in [0.05, 0.1) is 13.2 Å². The number of ether oxygens (including phenoxy) is 2. The Balaban J connectivity index is 2.61. The second-order valence-corrected chi connectivity index (χ2v) is 4.40. The fourth-order valence-corrected chi connectivity index (χ4v) is 1.62. The molecule has 2 N–H and O–H groups in total. The van der Waals surface area contributed by atoms with E-state index in [1.54, 1.807) is 32.2 Å². The Morgan fingerprint density at radius 1 is 1.22 bits per heavy atom. The number of nitrogens with one attached hydrogen (secondary N) is 2. The lowest BCUT2D eigenvalue weighted by molar-refractivity contribution is -0.137. The summed E-state index contributed by atoms with van der Waals surface area (Å²) < 4.78 is 9.52. The molecule has 0 fully saturated rings. The van der Waals surface area contributed by atoms with E-state index >= 15 is 0 Å². The summed E-state index contributed by atoms with van der Waals surface area (Å²) >= 11 is 0. The molecule has 0 spiro atoms. The highest BCUT2D eigenvalue weighted by Crippen LogP contribution is 2.10. The lowest BCUT2D eigenvalue weighted by Crippen LogP contribution is -2.27. The van der Waals surface area contributed by atoms with Crippen LogP contribution in [0.2, 0.25) is 0 Å². The van der Waals surface area contributed by atoms with Gasteiger partial charge in [-0.1, -0.05) is 6.07 Å². The number of carbonyl (C=O) groups excluding carboxylic acids is 3. The number of hydrogen-bond acceptors (Lipinski definition) is 5. The molecule has 0 radical (unpaired) electrons.